The van der Waals surface area contributed by atoms with Gasteiger partial charge >= 0.3 is 5.97 Å². The number of phenols is 1. The topological polar surface area (TPSA) is 102 Å². The van der Waals surface area contributed by atoms with Gasteiger partial charge in [-0.15, -0.1) is 0 Å². The summed E-state index contributed by atoms with van der Waals surface area (Å²) >= 11 is 0. The molecule has 92 valence electrons. The minimum absolute atomic E-state index is 0.112. The molecule has 0 bridgehead atoms. The zero-order chi connectivity index (χ0) is 12.8. The maximum atomic E-state index is 11.0. The van der Waals surface area contributed by atoms with E-state index >= 15 is 0 Å². The number of rotatable bonds is 5. The van der Waals surface area contributed by atoms with Crippen LogP contribution in [0.15, 0.2) is 18.2 Å². The van der Waals surface area contributed by atoms with Crippen LogP contribution in [0.4, 0.5) is 11.4 Å². The van der Waals surface area contributed by atoms with Gasteiger partial charge in [-0.3, -0.25) is 14.9 Å². The number of phenolic OH excluding ortho intramolecular Hbond substituents is 1. The van der Waals surface area contributed by atoms with E-state index < -0.39 is 10.9 Å². The first-order valence-electron chi connectivity index (χ1n) is 4.91. The van der Waals surface area contributed by atoms with E-state index in [0.29, 0.717) is 0 Å². The molecule has 0 saturated carbocycles. The van der Waals surface area contributed by atoms with Crippen LogP contribution in [0.2, 0.25) is 0 Å². The van der Waals surface area contributed by atoms with Gasteiger partial charge in [-0.2, -0.15) is 0 Å². The molecule has 1 rings (SSSR count). The highest BCUT2D eigenvalue weighted by molar-refractivity contribution is 5.76. The lowest BCUT2D eigenvalue weighted by atomic mass is 10.2. The van der Waals surface area contributed by atoms with Gasteiger partial charge in [0.15, 0.2) is 0 Å². The van der Waals surface area contributed by atoms with Crippen molar-refractivity contribution in [3.63, 3.8) is 0 Å². The summed E-state index contributed by atoms with van der Waals surface area (Å²) in [5, 5.41) is 22.5. The Kier molecular flexibility index (Phi) is 4.27. The Morgan fingerprint density at radius 1 is 1.59 bits per heavy atom. The second-order valence-corrected chi connectivity index (χ2v) is 3.12. The Morgan fingerprint density at radius 2 is 2.29 bits per heavy atom. The Hall–Kier alpha value is -2.31. The summed E-state index contributed by atoms with van der Waals surface area (Å²) in [6.45, 7) is 1.84. The number of hydrogen-bond acceptors (Lipinski definition) is 6. The molecule has 0 aliphatic rings. The number of non-ortho nitro benzene ring substituents is 1. The third kappa shape index (κ3) is 3.63. The Morgan fingerprint density at radius 3 is 2.82 bits per heavy atom. The number of nitro benzene ring substituents is 1. The number of aromatic hydroxyl groups is 1. The van der Waals surface area contributed by atoms with Gasteiger partial charge < -0.3 is 15.2 Å². The fraction of sp³-hybridized carbons (Fsp3) is 0.300. The molecule has 0 spiro atoms. The normalized spacial score (nSPS) is 9.71. The van der Waals surface area contributed by atoms with E-state index in [4.69, 9.17) is 0 Å². The smallest absolute Gasteiger partial charge is 0.325 e. The van der Waals surface area contributed by atoms with Gasteiger partial charge in [-0.1, -0.05) is 0 Å². The van der Waals surface area contributed by atoms with Gasteiger partial charge in [0.1, 0.15) is 12.3 Å². The molecule has 7 heteroatoms. The summed E-state index contributed by atoms with van der Waals surface area (Å²) in [5.74, 6) is -0.756. The van der Waals surface area contributed by atoms with Crippen LogP contribution < -0.4 is 5.32 Å². The molecule has 0 atom stereocenters. The molecule has 0 saturated heterocycles. The summed E-state index contributed by atoms with van der Waals surface area (Å²) in [7, 11) is 0. The fourth-order valence-corrected chi connectivity index (χ4v) is 1.16. The number of nitrogens with one attached hydrogen (secondary N) is 1. The van der Waals surface area contributed by atoms with Gasteiger partial charge in [0.25, 0.3) is 5.69 Å². The molecule has 0 fully saturated rings. The number of anilines is 1. The molecule has 0 heterocycles. The Labute approximate surface area is 97.2 Å². The fourth-order valence-electron chi connectivity index (χ4n) is 1.16. The number of carbonyl (C=O) groups is 1. The van der Waals surface area contributed by atoms with Crippen LogP contribution in [0.25, 0.3) is 0 Å². The number of esters is 1. The van der Waals surface area contributed by atoms with E-state index in [1.165, 1.54) is 12.1 Å². The van der Waals surface area contributed by atoms with Gasteiger partial charge in [0, 0.05) is 6.07 Å². The SMILES string of the molecule is CCOC(=O)CNc1ccc([N+](=O)[O-])cc1O. The first-order chi connectivity index (χ1) is 8.04. The summed E-state index contributed by atoms with van der Waals surface area (Å²) in [4.78, 5) is 20.8. The molecule has 0 amide bonds. The zero-order valence-electron chi connectivity index (χ0n) is 9.17. The van der Waals surface area contributed by atoms with Crippen LogP contribution in [0.3, 0.4) is 0 Å². The van der Waals surface area contributed by atoms with Crippen molar-refractivity contribution in [3.05, 3.63) is 28.3 Å². The second-order valence-electron chi connectivity index (χ2n) is 3.12. The number of ether oxygens (including phenoxy) is 1. The van der Waals surface area contributed by atoms with Crippen molar-refractivity contribution in [1.29, 1.82) is 0 Å². The molecule has 17 heavy (non-hydrogen) atoms. The molecule has 2 N–H and O–H groups in total. The van der Waals surface area contributed by atoms with E-state index in [-0.39, 0.29) is 30.3 Å². The third-order valence-corrected chi connectivity index (χ3v) is 1.92. The molecule has 7 nitrogen and oxygen atoms in total. The number of carbonyl (C=O) groups excluding carboxylic acids is 1. The van der Waals surface area contributed by atoms with E-state index in [1.54, 1.807) is 6.92 Å². The van der Waals surface area contributed by atoms with Crippen LogP contribution in [-0.4, -0.2) is 29.2 Å². The van der Waals surface area contributed by atoms with Crippen molar-refractivity contribution < 1.29 is 19.6 Å². The maximum absolute atomic E-state index is 11.0. The molecular formula is C10H12N2O5. The van der Waals surface area contributed by atoms with Crippen molar-refractivity contribution in [1.82, 2.24) is 0 Å². The Balaban J connectivity index is 2.66. The van der Waals surface area contributed by atoms with Crippen LogP contribution in [0, 0.1) is 10.1 Å². The van der Waals surface area contributed by atoms with E-state index in [2.05, 4.69) is 10.1 Å². The first kappa shape index (κ1) is 12.8. The van der Waals surface area contributed by atoms with E-state index in [1.807, 2.05) is 0 Å². The number of nitrogens with zero attached hydrogens (tertiary/aromatic N) is 1. The van der Waals surface area contributed by atoms with E-state index in [9.17, 15) is 20.0 Å². The summed E-state index contributed by atoms with van der Waals surface area (Å²) in [6.07, 6.45) is 0. The van der Waals surface area contributed by atoms with Crippen molar-refractivity contribution in [3.8, 4) is 5.75 Å². The predicted molar refractivity (Wildman–Crippen MR) is 59.9 cm³/mol. The maximum Gasteiger partial charge on any atom is 0.325 e. The third-order valence-electron chi connectivity index (χ3n) is 1.92. The van der Waals surface area contributed by atoms with Crippen LogP contribution >= 0.6 is 0 Å². The highest BCUT2D eigenvalue weighted by atomic mass is 16.6. The lowest BCUT2D eigenvalue weighted by Gasteiger charge is -2.07. The highest BCUT2D eigenvalue weighted by Crippen LogP contribution is 2.27. The largest absolute Gasteiger partial charge is 0.506 e. The molecule has 1 aromatic carbocycles. The van der Waals surface area contributed by atoms with Crippen molar-refractivity contribution >= 4 is 17.3 Å². The summed E-state index contributed by atoms with van der Waals surface area (Å²) in [6, 6.07) is 3.56. The average molecular weight is 240 g/mol. The number of hydrogen-bond donors (Lipinski definition) is 2. The van der Waals surface area contributed by atoms with Crippen molar-refractivity contribution in [2.75, 3.05) is 18.5 Å². The molecule has 0 aromatic heterocycles. The van der Waals surface area contributed by atoms with E-state index in [0.717, 1.165) is 6.07 Å². The van der Waals surface area contributed by atoms with Crippen LogP contribution in [-0.2, 0) is 9.53 Å². The molecule has 0 aliphatic heterocycles. The summed E-state index contributed by atoms with van der Waals surface area (Å²) < 4.78 is 4.67. The number of nitro groups is 1. The number of benzene rings is 1. The summed E-state index contributed by atoms with van der Waals surface area (Å²) in [5.41, 5.74) is 0.0211. The second kappa shape index (κ2) is 5.69. The molecule has 0 radical (unpaired) electrons. The monoisotopic (exact) mass is 240 g/mol. The van der Waals surface area contributed by atoms with Crippen LogP contribution in [0.1, 0.15) is 6.92 Å². The minimum atomic E-state index is -0.616. The lowest BCUT2D eigenvalue weighted by molar-refractivity contribution is -0.384. The van der Waals surface area contributed by atoms with Gasteiger partial charge in [0.05, 0.1) is 23.3 Å². The van der Waals surface area contributed by atoms with Gasteiger partial charge in [-0.05, 0) is 13.0 Å². The standard InChI is InChI=1S/C10H12N2O5/c1-2-17-10(14)6-11-8-4-3-7(12(15)16)5-9(8)13/h3-5,11,13H,2,6H2,1H3. The van der Waals surface area contributed by atoms with Crippen molar-refractivity contribution in [2.45, 2.75) is 6.92 Å². The highest BCUT2D eigenvalue weighted by Gasteiger charge is 2.10. The first-order valence-corrected chi connectivity index (χ1v) is 4.91. The molecule has 0 unspecified atom stereocenters. The van der Waals surface area contributed by atoms with Gasteiger partial charge in [0.2, 0.25) is 0 Å². The lowest BCUT2D eigenvalue weighted by Crippen LogP contribution is -2.16. The zero-order valence-corrected chi connectivity index (χ0v) is 9.17. The minimum Gasteiger partial charge on any atom is -0.506 e. The molecule has 0 aliphatic carbocycles. The Bertz CT molecular complexity index is 433. The van der Waals surface area contributed by atoms with Crippen LogP contribution in [0.5, 0.6) is 5.75 Å². The predicted octanol–water partition coefficient (Wildman–Crippen LogP) is 1.28. The average Bonchev–Trinajstić information content (AvgIpc) is 2.27. The quantitative estimate of drug-likeness (QED) is 0.348. The molecular weight excluding hydrogens is 228 g/mol. The molecule has 1 aromatic rings. The van der Waals surface area contributed by atoms with Crippen molar-refractivity contribution in [2.24, 2.45) is 0 Å². The van der Waals surface area contributed by atoms with Gasteiger partial charge in [-0.25, -0.2) is 0 Å².